The second kappa shape index (κ2) is 8.57. The summed E-state index contributed by atoms with van der Waals surface area (Å²) in [6, 6.07) is 10.9. The number of carbonyl (C=O) groups excluding carboxylic acids is 2. The molecule has 29 heavy (non-hydrogen) atoms. The first-order chi connectivity index (χ1) is 13.7. The van der Waals surface area contributed by atoms with Crippen LogP contribution in [0.15, 0.2) is 56.8 Å². The van der Waals surface area contributed by atoms with Crippen molar-refractivity contribution in [2.45, 2.75) is 18.4 Å². The number of primary sulfonamides is 1. The molecule has 1 heterocycles. The van der Waals surface area contributed by atoms with Crippen molar-refractivity contribution >= 4 is 59.4 Å². The van der Waals surface area contributed by atoms with Gasteiger partial charge in [-0.1, -0.05) is 27.3 Å². The van der Waals surface area contributed by atoms with E-state index in [-0.39, 0.29) is 22.8 Å². The Hall–Kier alpha value is -2.34. The number of rotatable bonds is 5. The highest BCUT2D eigenvalue weighted by atomic mass is 79.9. The lowest BCUT2D eigenvalue weighted by molar-refractivity contribution is -0.143. The van der Waals surface area contributed by atoms with Crippen LogP contribution in [-0.2, 0) is 26.1 Å². The molecule has 0 atom stereocenters. The number of nitrogens with two attached hydrogens (primary N) is 1. The minimum atomic E-state index is -3.90. The average molecular weight is 498 g/mol. The number of fused-ring (bicyclic) bond motifs is 1. The number of esters is 1. The molecule has 3 aromatic rings. The van der Waals surface area contributed by atoms with Crippen molar-refractivity contribution in [1.82, 2.24) is 4.57 Å². The van der Waals surface area contributed by atoms with Crippen molar-refractivity contribution in [3.8, 4) is 0 Å². The minimum absolute atomic E-state index is 0.0691. The standard InChI is InChI=1S/C18H16BrN3O5S2/c1-2-27-16(23)10-22-14-8-7-13(29(20,25)26)9-15(14)28-18(22)21-17(24)11-3-5-12(19)6-4-11/h3-9H,2,10H2,1H3,(H2,20,25,26). The highest BCUT2D eigenvalue weighted by Crippen LogP contribution is 2.21. The second-order valence-electron chi connectivity index (χ2n) is 5.87. The van der Waals surface area contributed by atoms with E-state index in [4.69, 9.17) is 9.88 Å². The number of benzene rings is 2. The van der Waals surface area contributed by atoms with Crippen molar-refractivity contribution in [2.75, 3.05) is 6.61 Å². The van der Waals surface area contributed by atoms with E-state index in [1.807, 2.05) is 0 Å². The molecular formula is C18H16BrN3O5S2. The van der Waals surface area contributed by atoms with Gasteiger partial charge in [0.25, 0.3) is 5.91 Å². The fraction of sp³-hybridized carbons (Fsp3) is 0.167. The number of amides is 1. The topological polar surface area (TPSA) is 121 Å². The van der Waals surface area contributed by atoms with Gasteiger partial charge in [0, 0.05) is 10.0 Å². The molecule has 152 valence electrons. The van der Waals surface area contributed by atoms with Crippen LogP contribution in [0.1, 0.15) is 17.3 Å². The zero-order valence-corrected chi connectivity index (χ0v) is 18.4. The number of thiazole rings is 1. The Bertz CT molecular complexity index is 1260. The third-order valence-corrected chi connectivity index (χ3v) is 6.34. The summed E-state index contributed by atoms with van der Waals surface area (Å²) in [7, 11) is -3.90. The molecule has 11 heteroatoms. The molecule has 1 aromatic heterocycles. The SMILES string of the molecule is CCOC(=O)Cn1c(=NC(=O)c2ccc(Br)cc2)sc2cc(S(N)(=O)=O)ccc21. The van der Waals surface area contributed by atoms with E-state index in [0.717, 1.165) is 15.8 Å². The number of aromatic nitrogens is 1. The van der Waals surface area contributed by atoms with E-state index in [1.54, 1.807) is 31.2 Å². The summed E-state index contributed by atoms with van der Waals surface area (Å²) in [5.74, 6) is -0.992. The second-order valence-corrected chi connectivity index (χ2v) is 9.36. The van der Waals surface area contributed by atoms with Gasteiger partial charge >= 0.3 is 5.97 Å². The maximum absolute atomic E-state index is 12.6. The lowest BCUT2D eigenvalue weighted by Gasteiger charge is -2.05. The lowest BCUT2D eigenvalue weighted by atomic mass is 10.2. The zero-order valence-electron chi connectivity index (χ0n) is 15.2. The van der Waals surface area contributed by atoms with E-state index in [0.29, 0.717) is 15.8 Å². The quantitative estimate of drug-likeness (QED) is 0.542. The monoisotopic (exact) mass is 497 g/mol. The summed E-state index contributed by atoms with van der Waals surface area (Å²) in [6.45, 7) is 1.73. The Balaban J connectivity index is 2.16. The van der Waals surface area contributed by atoms with Crippen LogP contribution in [0.2, 0.25) is 0 Å². The van der Waals surface area contributed by atoms with Gasteiger partial charge in [-0.05, 0) is 49.4 Å². The molecule has 0 fully saturated rings. The van der Waals surface area contributed by atoms with Gasteiger partial charge in [-0.15, -0.1) is 0 Å². The largest absolute Gasteiger partial charge is 0.465 e. The van der Waals surface area contributed by atoms with Gasteiger partial charge in [0.15, 0.2) is 4.80 Å². The van der Waals surface area contributed by atoms with Gasteiger partial charge in [0.2, 0.25) is 10.0 Å². The van der Waals surface area contributed by atoms with Crippen LogP contribution in [0.25, 0.3) is 10.2 Å². The first-order valence-electron chi connectivity index (χ1n) is 8.35. The maximum atomic E-state index is 12.6. The molecule has 0 saturated carbocycles. The third kappa shape index (κ3) is 4.99. The Labute approximate surface area is 178 Å². The normalized spacial score (nSPS) is 12.3. The van der Waals surface area contributed by atoms with Crippen molar-refractivity contribution in [1.29, 1.82) is 0 Å². The van der Waals surface area contributed by atoms with Crippen molar-refractivity contribution < 1.29 is 22.7 Å². The molecule has 0 spiro atoms. The van der Waals surface area contributed by atoms with E-state index < -0.39 is 21.9 Å². The van der Waals surface area contributed by atoms with E-state index in [9.17, 15) is 18.0 Å². The van der Waals surface area contributed by atoms with Crippen molar-refractivity contribution in [3.05, 3.63) is 57.3 Å². The van der Waals surface area contributed by atoms with Crippen LogP contribution in [0.4, 0.5) is 0 Å². The van der Waals surface area contributed by atoms with Crippen LogP contribution in [0.5, 0.6) is 0 Å². The number of hydrogen-bond acceptors (Lipinski definition) is 6. The molecule has 0 aliphatic rings. The Morgan fingerprint density at radius 2 is 1.90 bits per heavy atom. The summed E-state index contributed by atoms with van der Waals surface area (Å²) in [5.41, 5.74) is 0.913. The fourth-order valence-electron chi connectivity index (χ4n) is 2.55. The van der Waals surface area contributed by atoms with Gasteiger partial charge in [-0.3, -0.25) is 9.59 Å². The number of carbonyl (C=O) groups is 2. The zero-order chi connectivity index (χ0) is 21.2. The molecule has 2 N–H and O–H groups in total. The van der Waals surface area contributed by atoms with E-state index in [2.05, 4.69) is 20.9 Å². The molecule has 0 aliphatic heterocycles. The summed E-state index contributed by atoms with van der Waals surface area (Å²) in [4.78, 5) is 28.9. The van der Waals surface area contributed by atoms with Crippen LogP contribution < -0.4 is 9.94 Å². The number of ether oxygens (including phenoxy) is 1. The smallest absolute Gasteiger partial charge is 0.326 e. The highest BCUT2D eigenvalue weighted by Gasteiger charge is 2.16. The number of nitrogens with zero attached hydrogens (tertiary/aromatic N) is 2. The van der Waals surface area contributed by atoms with Crippen LogP contribution in [0, 0.1) is 0 Å². The number of sulfonamides is 1. The summed E-state index contributed by atoms with van der Waals surface area (Å²) in [6.07, 6.45) is 0. The molecule has 0 radical (unpaired) electrons. The predicted molar refractivity (Wildman–Crippen MR) is 112 cm³/mol. The van der Waals surface area contributed by atoms with Gasteiger partial charge in [-0.2, -0.15) is 4.99 Å². The first kappa shape index (κ1) is 21.4. The molecule has 0 unspecified atom stereocenters. The van der Waals surface area contributed by atoms with Gasteiger partial charge in [-0.25, -0.2) is 13.6 Å². The molecule has 2 aromatic carbocycles. The molecule has 0 bridgehead atoms. The molecular weight excluding hydrogens is 482 g/mol. The number of hydrogen-bond donors (Lipinski definition) is 1. The lowest BCUT2D eigenvalue weighted by Crippen LogP contribution is -2.23. The summed E-state index contributed by atoms with van der Waals surface area (Å²) < 4.78 is 31.1. The van der Waals surface area contributed by atoms with E-state index >= 15 is 0 Å². The third-order valence-electron chi connectivity index (χ3n) is 3.86. The Morgan fingerprint density at radius 1 is 1.21 bits per heavy atom. The molecule has 0 saturated heterocycles. The van der Waals surface area contributed by atoms with Crippen LogP contribution >= 0.6 is 27.3 Å². The van der Waals surface area contributed by atoms with Crippen LogP contribution in [-0.4, -0.2) is 31.5 Å². The fourth-order valence-corrected chi connectivity index (χ4v) is 4.49. The van der Waals surface area contributed by atoms with E-state index in [1.165, 1.54) is 22.8 Å². The Kier molecular flexibility index (Phi) is 6.32. The van der Waals surface area contributed by atoms with Gasteiger partial charge in [0.1, 0.15) is 6.54 Å². The first-order valence-corrected chi connectivity index (χ1v) is 11.5. The summed E-state index contributed by atoms with van der Waals surface area (Å²) in [5, 5.41) is 5.20. The highest BCUT2D eigenvalue weighted by molar-refractivity contribution is 9.10. The number of halogens is 1. The molecule has 8 nitrogen and oxygen atoms in total. The Morgan fingerprint density at radius 3 is 2.52 bits per heavy atom. The molecule has 0 aliphatic carbocycles. The van der Waals surface area contributed by atoms with Gasteiger partial charge < -0.3 is 9.30 Å². The molecule has 3 rings (SSSR count). The summed E-state index contributed by atoms with van der Waals surface area (Å²) >= 11 is 4.39. The van der Waals surface area contributed by atoms with Gasteiger partial charge in [0.05, 0.1) is 21.7 Å². The average Bonchev–Trinajstić information content (AvgIpc) is 2.98. The van der Waals surface area contributed by atoms with Crippen LogP contribution in [0.3, 0.4) is 0 Å². The minimum Gasteiger partial charge on any atom is -0.465 e. The maximum Gasteiger partial charge on any atom is 0.326 e. The molecule has 1 amide bonds. The predicted octanol–water partition coefficient (Wildman–Crippen LogP) is 2.42. The van der Waals surface area contributed by atoms with Crippen molar-refractivity contribution in [3.63, 3.8) is 0 Å². The van der Waals surface area contributed by atoms with Crippen molar-refractivity contribution in [2.24, 2.45) is 10.1 Å².